The van der Waals surface area contributed by atoms with Crippen LogP contribution in [0.2, 0.25) is 5.02 Å². The predicted molar refractivity (Wildman–Crippen MR) is 62.0 cm³/mol. The molecule has 0 spiro atoms. The van der Waals surface area contributed by atoms with Crippen LogP contribution < -0.4 is 38.3 Å². The van der Waals surface area contributed by atoms with Crippen LogP contribution in [-0.4, -0.2) is 4.92 Å². The summed E-state index contributed by atoms with van der Waals surface area (Å²) in [6.07, 6.45) is 0. The first-order valence-corrected chi connectivity index (χ1v) is 7.58. The van der Waals surface area contributed by atoms with E-state index in [1.807, 2.05) is 12.1 Å². The number of hydrogen-bond donors (Lipinski definition) is 0. The van der Waals surface area contributed by atoms with Gasteiger partial charge in [-0.2, -0.15) is 0 Å². The lowest BCUT2D eigenvalue weighted by atomic mass is 10.3. The van der Waals surface area contributed by atoms with E-state index < -0.39 is 26.1 Å². The maximum Gasteiger partial charge on any atom is 0.366 e. The highest BCUT2D eigenvalue weighted by Gasteiger charge is 2.33. The molecule has 0 N–H and O–H groups in total. The summed E-state index contributed by atoms with van der Waals surface area (Å²) in [5.41, 5.74) is 0.0996. The first-order chi connectivity index (χ1) is 8.63. The minimum Gasteiger partial charge on any atom is -1.00 e. The van der Waals surface area contributed by atoms with Gasteiger partial charge in [0.15, 0.2) is 11.5 Å². The van der Waals surface area contributed by atoms with Crippen LogP contribution in [0.1, 0.15) is 0 Å². The molecule has 0 atom stereocenters. The Kier molecular flexibility index (Phi) is 4.17. The number of ether oxygens (including phenoxy) is 1. The van der Waals surface area contributed by atoms with Crippen molar-refractivity contribution in [1.29, 1.82) is 0 Å². The molecule has 0 bridgehead atoms. The summed E-state index contributed by atoms with van der Waals surface area (Å²) in [7, 11) is 0. The Morgan fingerprint density at radius 3 is 2.42 bits per heavy atom. The zero-order chi connectivity index (χ0) is 12.7. The van der Waals surface area contributed by atoms with Crippen molar-refractivity contribution in [2.75, 3.05) is 0 Å². The standard InChI is InChI=1S/C12H6ClINO3.ClH/c13-7-1-3-11-9(5-7)14-10-6-8(15(16)17)2-4-12(10)18-11;/h1-6H;1H/q+1;/p-1. The Balaban J connectivity index is 0.00000133. The van der Waals surface area contributed by atoms with Gasteiger partial charge in [0.05, 0.1) is 11.0 Å². The van der Waals surface area contributed by atoms with E-state index in [1.54, 1.807) is 18.2 Å². The molecule has 0 aliphatic carbocycles. The SMILES string of the molecule is O=[N+]([O-])c1ccc2c(c1)[I+]c1cc(Cl)ccc1O2.[Cl-]. The van der Waals surface area contributed by atoms with Crippen molar-refractivity contribution in [3.05, 3.63) is 58.7 Å². The molecule has 7 heteroatoms. The summed E-state index contributed by atoms with van der Waals surface area (Å²) in [5, 5.41) is 11.4. The van der Waals surface area contributed by atoms with Crippen LogP contribution >= 0.6 is 11.6 Å². The van der Waals surface area contributed by atoms with E-state index in [4.69, 9.17) is 16.3 Å². The Morgan fingerprint density at radius 2 is 1.74 bits per heavy atom. The first kappa shape index (κ1) is 14.4. The summed E-state index contributed by atoms with van der Waals surface area (Å²) in [6, 6.07) is 10.2. The fraction of sp³-hybridized carbons (Fsp3) is 0. The molecule has 0 radical (unpaired) electrons. The van der Waals surface area contributed by atoms with Crippen LogP contribution in [0.5, 0.6) is 11.5 Å². The highest BCUT2D eigenvalue weighted by Crippen LogP contribution is 2.27. The van der Waals surface area contributed by atoms with Gasteiger partial charge in [0.2, 0.25) is 7.14 Å². The van der Waals surface area contributed by atoms with Gasteiger partial charge >= 0.3 is 21.2 Å². The largest absolute Gasteiger partial charge is 1.00 e. The normalized spacial score (nSPS) is 11.6. The lowest BCUT2D eigenvalue weighted by Crippen LogP contribution is -3.61. The van der Waals surface area contributed by atoms with Crippen LogP contribution in [0.4, 0.5) is 5.69 Å². The van der Waals surface area contributed by atoms with Gasteiger partial charge in [0.25, 0.3) is 5.69 Å². The average Bonchev–Trinajstić information content (AvgIpc) is 2.35. The molecule has 2 aromatic rings. The summed E-state index contributed by atoms with van der Waals surface area (Å²) in [4.78, 5) is 10.4. The van der Waals surface area contributed by atoms with E-state index in [9.17, 15) is 10.1 Å². The Morgan fingerprint density at radius 1 is 1.11 bits per heavy atom. The molecule has 0 saturated heterocycles. The van der Waals surface area contributed by atoms with Crippen molar-refractivity contribution in [2.45, 2.75) is 0 Å². The monoisotopic (exact) mass is 409 g/mol. The van der Waals surface area contributed by atoms with Crippen molar-refractivity contribution in [2.24, 2.45) is 0 Å². The summed E-state index contributed by atoms with van der Waals surface area (Å²) < 4.78 is 7.68. The van der Waals surface area contributed by atoms with Crippen LogP contribution in [-0.2, 0) is 0 Å². The number of nitrogens with zero attached hydrogens (tertiary/aromatic N) is 1. The molecule has 0 unspecified atom stereocenters. The molecule has 1 aliphatic rings. The van der Waals surface area contributed by atoms with E-state index in [0.717, 1.165) is 12.9 Å². The quantitative estimate of drug-likeness (QED) is 0.253. The molecule has 1 heterocycles. The summed E-state index contributed by atoms with van der Waals surface area (Å²) >= 11 is 5.44. The fourth-order valence-electron chi connectivity index (χ4n) is 1.62. The van der Waals surface area contributed by atoms with Gasteiger partial charge in [-0.1, -0.05) is 11.6 Å². The van der Waals surface area contributed by atoms with Gasteiger partial charge in [0.1, 0.15) is 0 Å². The summed E-state index contributed by atoms with van der Waals surface area (Å²) in [6.45, 7) is 0. The molecule has 19 heavy (non-hydrogen) atoms. The second-order valence-electron chi connectivity index (χ2n) is 3.64. The van der Waals surface area contributed by atoms with Gasteiger partial charge in [-0.05, 0) is 18.2 Å². The highest BCUT2D eigenvalue weighted by atomic mass is 127. The molecule has 2 aromatic carbocycles. The number of nitro groups is 1. The van der Waals surface area contributed by atoms with Crippen LogP contribution in [0, 0.1) is 17.3 Å². The van der Waals surface area contributed by atoms with Gasteiger partial charge in [-0.3, -0.25) is 10.1 Å². The van der Waals surface area contributed by atoms with E-state index in [2.05, 4.69) is 0 Å². The second-order valence-corrected chi connectivity index (χ2v) is 6.94. The number of halogens is 3. The number of benzene rings is 2. The molecule has 4 nitrogen and oxygen atoms in total. The third-order valence-electron chi connectivity index (χ3n) is 2.44. The van der Waals surface area contributed by atoms with Gasteiger partial charge < -0.3 is 17.1 Å². The van der Waals surface area contributed by atoms with Crippen LogP contribution in [0.25, 0.3) is 0 Å². The maximum atomic E-state index is 10.7. The van der Waals surface area contributed by atoms with E-state index in [0.29, 0.717) is 10.8 Å². The van der Waals surface area contributed by atoms with Crippen molar-refractivity contribution in [3.8, 4) is 11.5 Å². The number of hydrogen-bond acceptors (Lipinski definition) is 3. The lowest BCUT2D eigenvalue weighted by molar-refractivity contribution is -0.603. The Labute approximate surface area is 130 Å². The van der Waals surface area contributed by atoms with Crippen molar-refractivity contribution < 1.29 is 43.3 Å². The van der Waals surface area contributed by atoms with Crippen LogP contribution in [0.15, 0.2) is 36.4 Å². The number of rotatable bonds is 1. The fourth-order valence-corrected chi connectivity index (χ4v) is 4.68. The third kappa shape index (κ3) is 2.77. The van der Waals surface area contributed by atoms with E-state index in [1.165, 1.54) is 6.07 Å². The molecule has 0 aromatic heterocycles. The molecular formula is C12H6Cl2INO3. The molecule has 3 rings (SSSR count). The first-order valence-electron chi connectivity index (χ1n) is 5.04. The average molecular weight is 410 g/mol. The minimum absolute atomic E-state index is 0. The van der Waals surface area contributed by atoms with Gasteiger partial charge in [-0.25, -0.2) is 0 Å². The predicted octanol–water partition coefficient (Wildman–Crippen LogP) is -2.51. The zero-order valence-electron chi connectivity index (χ0n) is 9.27. The van der Waals surface area contributed by atoms with Crippen LogP contribution in [0.3, 0.4) is 0 Å². The van der Waals surface area contributed by atoms with E-state index in [-0.39, 0.29) is 18.1 Å². The molecule has 1 aliphatic heterocycles. The summed E-state index contributed by atoms with van der Waals surface area (Å²) in [5.74, 6) is 1.51. The molecule has 0 amide bonds. The number of fused-ring (bicyclic) bond motifs is 2. The zero-order valence-corrected chi connectivity index (χ0v) is 12.9. The lowest BCUT2D eigenvalue weighted by Gasteiger charge is -2.10. The highest BCUT2D eigenvalue weighted by molar-refractivity contribution is 6.30. The van der Waals surface area contributed by atoms with Crippen molar-refractivity contribution in [1.82, 2.24) is 0 Å². The number of nitro benzene ring substituents is 1. The molecule has 0 fully saturated rings. The molecular weight excluding hydrogens is 404 g/mol. The smallest absolute Gasteiger partial charge is 0.366 e. The minimum atomic E-state index is -0.498. The van der Waals surface area contributed by atoms with Gasteiger partial charge in [0, 0.05) is 17.2 Å². The van der Waals surface area contributed by atoms with Crippen molar-refractivity contribution >= 4 is 17.3 Å². The van der Waals surface area contributed by atoms with E-state index >= 15 is 0 Å². The second kappa shape index (κ2) is 5.52. The molecule has 0 saturated carbocycles. The third-order valence-corrected chi connectivity index (χ3v) is 5.53. The number of non-ortho nitro benzene ring substituents is 1. The van der Waals surface area contributed by atoms with Crippen molar-refractivity contribution in [3.63, 3.8) is 0 Å². The van der Waals surface area contributed by atoms with Gasteiger partial charge in [-0.15, -0.1) is 0 Å². The Bertz CT molecular complexity index is 663. The topological polar surface area (TPSA) is 52.4 Å². The maximum absolute atomic E-state index is 10.7. The molecule has 98 valence electrons. The Hall–Kier alpha value is -1.05.